The molecular formula is C14H14O4. The molecule has 1 aromatic heterocycles. The van der Waals surface area contributed by atoms with E-state index in [0.29, 0.717) is 5.56 Å². The minimum atomic E-state index is -1.11. The number of furan rings is 1. The third-order valence-electron chi connectivity index (χ3n) is 3.12. The molecule has 0 radical (unpaired) electrons. The molecule has 0 aliphatic heterocycles. The van der Waals surface area contributed by atoms with E-state index in [9.17, 15) is 9.90 Å². The van der Waals surface area contributed by atoms with Gasteiger partial charge in [-0.05, 0) is 36.6 Å². The van der Waals surface area contributed by atoms with Gasteiger partial charge in [0.25, 0.3) is 0 Å². The maximum atomic E-state index is 11.0. The van der Waals surface area contributed by atoms with Crippen molar-refractivity contribution in [3.05, 3.63) is 58.5 Å². The SMILES string of the molecule is Cc1cccc(C(O)c2occc2C(=O)O)c1C. The summed E-state index contributed by atoms with van der Waals surface area (Å²) < 4.78 is 5.11. The van der Waals surface area contributed by atoms with E-state index in [1.807, 2.05) is 26.0 Å². The van der Waals surface area contributed by atoms with E-state index in [1.165, 1.54) is 12.3 Å². The quantitative estimate of drug-likeness (QED) is 0.873. The van der Waals surface area contributed by atoms with E-state index in [1.54, 1.807) is 6.07 Å². The summed E-state index contributed by atoms with van der Waals surface area (Å²) in [5.74, 6) is -1.04. The predicted octanol–water partition coefficient (Wildman–Crippen LogP) is 2.68. The topological polar surface area (TPSA) is 70.7 Å². The zero-order valence-corrected chi connectivity index (χ0v) is 10.2. The van der Waals surface area contributed by atoms with Gasteiger partial charge < -0.3 is 14.6 Å². The number of aryl methyl sites for hydroxylation is 1. The molecule has 1 atom stereocenters. The standard InChI is InChI=1S/C14H14O4/c1-8-4-3-5-10(9(8)2)12(15)13-11(14(16)17)6-7-18-13/h3-7,12,15H,1-2H3,(H,16,17). The Morgan fingerprint density at radius 2 is 2.00 bits per heavy atom. The molecule has 4 nitrogen and oxygen atoms in total. The van der Waals surface area contributed by atoms with Gasteiger partial charge in [-0.3, -0.25) is 0 Å². The summed E-state index contributed by atoms with van der Waals surface area (Å²) in [5.41, 5.74) is 2.61. The molecule has 1 aromatic carbocycles. The maximum absolute atomic E-state index is 11.0. The van der Waals surface area contributed by atoms with Gasteiger partial charge in [0, 0.05) is 0 Å². The minimum absolute atomic E-state index is 0.0107. The van der Waals surface area contributed by atoms with Crippen molar-refractivity contribution in [2.75, 3.05) is 0 Å². The Bertz CT molecular complexity index is 583. The van der Waals surface area contributed by atoms with Crippen LogP contribution in [0.1, 0.15) is 38.9 Å². The molecule has 0 aliphatic carbocycles. The number of hydrogen-bond donors (Lipinski definition) is 2. The summed E-state index contributed by atoms with van der Waals surface area (Å²) in [5, 5.41) is 19.3. The second-order valence-corrected chi connectivity index (χ2v) is 4.20. The van der Waals surface area contributed by atoms with Crippen LogP contribution in [0.3, 0.4) is 0 Å². The first-order chi connectivity index (χ1) is 8.52. The van der Waals surface area contributed by atoms with Gasteiger partial charge in [-0.1, -0.05) is 18.2 Å². The number of carboxylic acid groups (broad SMARTS) is 1. The highest BCUT2D eigenvalue weighted by Gasteiger charge is 2.23. The fourth-order valence-corrected chi connectivity index (χ4v) is 1.92. The zero-order valence-electron chi connectivity index (χ0n) is 10.2. The maximum Gasteiger partial charge on any atom is 0.339 e. The Kier molecular flexibility index (Phi) is 3.21. The molecule has 0 saturated heterocycles. The van der Waals surface area contributed by atoms with Crippen LogP contribution < -0.4 is 0 Å². The first-order valence-corrected chi connectivity index (χ1v) is 5.57. The number of aliphatic hydroxyl groups is 1. The van der Waals surface area contributed by atoms with Gasteiger partial charge in [0.1, 0.15) is 11.7 Å². The Hall–Kier alpha value is -2.07. The van der Waals surface area contributed by atoms with Crippen molar-refractivity contribution in [3.63, 3.8) is 0 Å². The molecule has 4 heteroatoms. The second kappa shape index (κ2) is 4.66. The van der Waals surface area contributed by atoms with E-state index in [0.717, 1.165) is 11.1 Å². The Morgan fingerprint density at radius 1 is 1.28 bits per heavy atom. The Labute approximate surface area is 104 Å². The number of aromatic carboxylic acids is 1. The molecule has 0 fully saturated rings. The summed E-state index contributed by atoms with van der Waals surface area (Å²) in [7, 11) is 0. The second-order valence-electron chi connectivity index (χ2n) is 4.20. The molecular weight excluding hydrogens is 232 g/mol. The highest BCUT2D eigenvalue weighted by molar-refractivity contribution is 5.88. The van der Waals surface area contributed by atoms with Crippen molar-refractivity contribution < 1.29 is 19.4 Å². The third-order valence-corrected chi connectivity index (χ3v) is 3.12. The van der Waals surface area contributed by atoms with Gasteiger partial charge in [0.15, 0.2) is 5.76 Å². The first-order valence-electron chi connectivity index (χ1n) is 5.57. The molecule has 18 heavy (non-hydrogen) atoms. The van der Waals surface area contributed by atoms with Gasteiger partial charge in [0.05, 0.1) is 6.26 Å². The summed E-state index contributed by atoms with van der Waals surface area (Å²) in [4.78, 5) is 11.0. The van der Waals surface area contributed by atoms with Crippen LogP contribution in [0, 0.1) is 13.8 Å². The number of rotatable bonds is 3. The first kappa shape index (κ1) is 12.4. The Morgan fingerprint density at radius 3 is 2.67 bits per heavy atom. The lowest BCUT2D eigenvalue weighted by atomic mass is 9.96. The predicted molar refractivity (Wildman–Crippen MR) is 65.6 cm³/mol. The van der Waals surface area contributed by atoms with Crippen molar-refractivity contribution in [2.45, 2.75) is 20.0 Å². The van der Waals surface area contributed by atoms with Gasteiger partial charge >= 0.3 is 5.97 Å². The summed E-state index contributed by atoms with van der Waals surface area (Å²) in [6, 6.07) is 6.86. The highest BCUT2D eigenvalue weighted by Crippen LogP contribution is 2.29. The smallest absolute Gasteiger partial charge is 0.339 e. The number of carbonyl (C=O) groups is 1. The van der Waals surface area contributed by atoms with E-state index < -0.39 is 12.1 Å². The van der Waals surface area contributed by atoms with Crippen molar-refractivity contribution >= 4 is 5.97 Å². The summed E-state index contributed by atoms with van der Waals surface area (Å²) in [6.45, 7) is 3.82. The lowest BCUT2D eigenvalue weighted by molar-refractivity contribution is 0.0687. The van der Waals surface area contributed by atoms with Crippen molar-refractivity contribution in [2.24, 2.45) is 0 Å². The van der Waals surface area contributed by atoms with Crippen molar-refractivity contribution in [1.29, 1.82) is 0 Å². The highest BCUT2D eigenvalue weighted by atomic mass is 16.4. The molecule has 1 unspecified atom stereocenters. The number of benzene rings is 1. The minimum Gasteiger partial charge on any atom is -0.478 e. The molecule has 0 amide bonds. The van der Waals surface area contributed by atoms with Gasteiger partial charge in [0.2, 0.25) is 0 Å². The molecule has 2 rings (SSSR count). The van der Waals surface area contributed by atoms with Crippen LogP contribution in [-0.4, -0.2) is 16.2 Å². The average Bonchev–Trinajstić information content (AvgIpc) is 2.81. The molecule has 0 bridgehead atoms. The van der Waals surface area contributed by atoms with E-state index in [-0.39, 0.29) is 11.3 Å². The van der Waals surface area contributed by atoms with Gasteiger partial charge in [-0.25, -0.2) is 4.79 Å². The van der Waals surface area contributed by atoms with Crippen LogP contribution in [-0.2, 0) is 0 Å². The van der Waals surface area contributed by atoms with E-state index >= 15 is 0 Å². The lowest BCUT2D eigenvalue weighted by Crippen LogP contribution is -2.07. The van der Waals surface area contributed by atoms with Crippen LogP contribution in [0.2, 0.25) is 0 Å². The van der Waals surface area contributed by atoms with Crippen molar-refractivity contribution in [1.82, 2.24) is 0 Å². The molecule has 1 heterocycles. The molecule has 2 aromatic rings. The van der Waals surface area contributed by atoms with E-state index in [2.05, 4.69) is 0 Å². The third kappa shape index (κ3) is 2.02. The van der Waals surface area contributed by atoms with E-state index in [4.69, 9.17) is 9.52 Å². The largest absolute Gasteiger partial charge is 0.478 e. The van der Waals surface area contributed by atoms with Crippen LogP contribution in [0.5, 0.6) is 0 Å². The molecule has 0 saturated carbocycles. The summed E-state index contributed by atoms with van der Waals surface area (Å²) in [6.07, 6.45) is 0.207. The average molecular weight is 246 g/mol. The number of aliphatic hydroxyl groups excluding tert-OH is 1. The van der Waals surface area contributed by atoms with Crippen LogP contribution in [0.4, 0.5) is 0 Å². The number of carboxylic acids is 1. The van der Waals surface area contributed by atoms with Gasteiger partial charge in [-0.2, -0.15) is 0 Å². The van der Waals surface area contributed by atoms with Crippen LogP contribution in [0.25, 0.3) is 0 Å². The zero-order chi connectivity index (χ0) is 13.3. The summed E-state index contributed by atoms with van der Waals surface area (Å²) >= 11 is 0. The van der Waals surface area contributed by atoms with Crippen molar-refractivity contribution in [3.8, 4) is 0 Å². The van der Waals surface area contributed by atoms with Crippen LogP contribution >= 0.6 is 0 Å². The van der Waals surface area contributed by atoms with Gasteiger partial charge in [-0.15, -0.1) is 0 Å². The molecule has 94 valence electrons. The monoisotopic (exact) mass is 246 g/mol. The van der Waals surface area contributed by atoms with Crippen LogP contribution in [0.15, 0.2) is 34.9 Å². The normalized spacial score (nSPS) is 12.4. The molecule has 2 N–H and O–H groups in total. The fourth-order valence-electron chi connectivity index (χ4n) is 1.92. The Balaban J connectivity index is 2.48. The number of hydrogen-bond acceptors (Lipinski definition) is 3. The molecule has 0 spiro atoms. The fraction of sp³-hybridized carbons (Fsp3) is 0.214. The lowest BCUT2D eigenvalue weighted by Gasteiger charge is -2.14. The molecule has 0 aliphatic rings.